The number of nitrogens with zero attached hydrogens (tertiary/aromatic N) is 10. The third-order valence-corrected chi connectivity index (χ3v) is 11.1. The average molecular weight is 1010 g/mol. The highest BCUT2D eigenvalue weighted by Crippen LogP contribution is 2.33. The smallest absolute Gasteiger partial charge is 0.410 e. The van der Waals surface area contributed by atoms with Crippen molar-refractivity contribution in [2.45, 2.75) is 80.2 Å². The van der Waals surface area contributed by atoms with Crippen molar-refractivity contribution in [3.8, 4) is 11.5 Å². The lowest BCUT2D eigenvalue weighted by Crippen LogP contribution is -2.53. The van der Waals surface area contributed by atoms with Crippen LogP contribution in [0.15, 0.2) is 60.7 Å². The summed E-state index contributed by atoms with van der Waals surface area (Å²) in [5.41, 5.74) is 14.8. The number of amides is 4. The minimum Gasteiger partial charge on any atom is -0.494 e. The molecule has 6 aromatic rings. The van der Waals surface area contributed by atoms with Gasteiger partial charge >= 0.3 is 6.09 Å². The quantitative estimate of drug-likeness (QED) is 0.0652. The molecular weight excluding hydrogens is 941 g/mol. The first-order valence-corrected chi connectivity index (χ1v) is 23.6. The highest BCUT2D eigenvalue weighted by atomic mass is 16.6. The van der Waals surface area contributed by atoms with Crippen LogP contribution in [0.25, 0.3) is 22.1 Å². The summed E-state index contributed by atoms with van der Waals surface area (Å²) in [7, 11) is 4.73. The molecule has 5 heterocycles. The maximum absolute atomic E-state index is 13.5. The van der Waals surface area contributed by atoms with Crippen molar-refractivity contribution in [1.29, 1.82) is 0 Å². The number of benzene rings is 2. The fraction of sp³-hybridized carbons (Fsp3) is 0.400. The average Bonchev–Trinajstić information content (AvgIpc) is 4.14. The van der Waals surface area contributed by atoms with Gasteiger partial charge in [0.05, 0.1) is 29.5 Å². The molecule has 1 aliphatic heterocycles. The molecule has 23 nitrogen and oxygen atoms in total. The standard InChI is InChI=1S/C42H51N11O8.C7H10N2O.CH5N/c1-8-53-31(19-26(2)48-53)38(57)47-40-46-29-20-27(25-54)21-32(59-7)35(29)52(40)15-10-9-14-51-36-30(45-39(51)44-6)22-28(37(43)56)23-33(36)60-18-12-11-13-49-16-17-50(24-34(49)55)41(58)61-42(3,4)5;1-3-9-7(5-10)4-6(2)8-9;1-2/h9-12,19-23,25H,8,13-18,24H2,1-7H3,(H2,43,56)(H,44,45)(H,46,47,57);4-5H,3H2,1-2H3;2H2,1H3/b10-9+,12-11+;;. The summed E-state index contributed by atoms with van der Waals surface area (Å²) in [6, 6.07) is 9.88. The van der Waals surface area contributed by atoms with E-state index in [-0.39, 0.29) is 37.1 Å². The number of hydrogen-bond donors (Lipinski definition) is 4. The van der Waals surface area contributed by atoms with Crippen molar-refractivity contribution < 1.29 is 43.0 Å². The molecule has 73 heavy (non-hydrogen) atoms. The Morgan fingerprint density at radius 2 is 1.40 bits per heavy atom. The first-order valence-electron chi connectivity index (χ1n) is 23.6. The summed E-state index contributed by atoms with van der Waals surface area (Å²) in [6.07, 6.45) is 8.39. The number of nitrogens with two attached hydrogens (primary N) is 2. The Balaban J connectivity index is 0.000000728. The second-order valence-electron chi connectivity index (χ2n) is 17.3. The van der Waals surface area contributed by atoms with Crippen molar-refractivity contribution in [2.75, 3.05) is 64.6 Å². The first-order chi connectivity index (χ1) is 34.9. The molecule has 1 fully saturated rings. The van der Waals surface area contributed by atoms with E-state index in [1.165, 1.54) is 19.1 Å². The molecule has 4 aromatic heterocycles. The Hall–Kier alpha value is -8.34. The lowest BCUT2D eigenvalue weighted by Gasteiger charge is -2.34. The molecule has 0 atom stereocenters. The molecular formula is C50H66N14O9. The number of rotatable bonds is 18. The normalized spacial score (nSPS) is 12.7. The third kappa shape index (κ3) is 13.8. The van der Waals surface area contributed by atoms with E-state index >= 15 is 0 Å². The van der Waals surface area contributed by atoms with Crippen LogP contribution >= 0.6 is 0 Å². The van der Waals surface area contributed by atoms with Gasteiger partial charge in [0.15, 0.2) is 6.29 Å². The van der Waals surface area contributed by atoms with E-state index in [2.05, 4.69) is 31.5 Å². The zero-order valence-electron chi connectivity index (χ0n) is 43.1. The topological polar surface area (TPSA) is 284 Å². The van der Waals surface area contributed by atoms with Crippen molar-refractivity contribution in [3.05, 3.63) is 94.6 Å². The monoisotopic (exact) mass is 1010 g/mol. The number of primary amides is 1. The maximum Gasteiger partial charge on any atom is 0.410 e. The number of piperazine rings is 1. The van der Waals surface area contributed by atoms with Crippen LogP contribution in [-0.4, -0.2) is 144 Å². The van der Waals surface area contributed by atoms with Crippen LogP contribution in [0, 0.1) is 13.8 Å². The van der Waals surface area contributed by atoms with Gasteiger partial charge in [-0.3, -0.25) is 43.6 Å². The molecule has 0 saturated carbocycles. The molecule has 0 unspecified atom stereocenters. The highest BCUT2D eigenvalue weighted by Gasteiger charge is 2.30. The Morgan fingerprint density at radius 1 is 0.781 bits per heavy atom. The number of ether oxygens (including phenoxy) is 3. The van der Waals surface area contributed by atoms with E-state index in [1.807, 2.05) is 44.4 Å². The number of aldehydes is 2. The number of nitrogens with one attached hydrogen (secondary N) is 2. The summed E-state index contributed by atoms with van der Waals surface area (Å²) in [5, 5.41) is 14.5. The van der Waals surface area contributed by atoms with E-state index < -0.39 is 23.5 Å². The van der Waals surface area contributed by atoms with Gasteiger partial charge in [-0.15, -0.1) is 0 Å². The molecule has 1 aliphatic rings. The Kier molecular flexibility index (Phi) is 19.2. The number of aromatic nitrogens is 8. The SMILES string of the molecule is CCn1nc(C)cc1C(=O)Nc1nc2cc(C=O)cc(OC)c2n1C/C=C/Cn1c(NC)nc2cc(C(N)=O)cc(OC/C=C/CN3CCN(C(=O)OC(C)(C)C)CC3=O)c21.CCn1nc(C)cc1C=O.CN. The van der Waals surface area contributed by atoms with Gasteiger partial charge in [-0.25, -0.2) is 14.8 Å². The lowest BCUT2D eigenvalue weighted by atomic mass is 10.1. The predicted molar refractivity (Wildman–Crippen MR) is 276 cm³/mol. The molecule has 23 heteroatoms. The number of allylic oxidation sites excluding steroid dienone is 2. The molecule has 0 spiro atoms. The van der Waals surface area contributed by atoms with Crippen molar-refractivity contribution >= 4 is 70.4 Å². The number of hydrogen-bond acceptors (Lipinski definition) is 15. The summed E-state index contributed by atoms with van der Waals surface area (Å²) in [6.45, 7) is 15.7. The second kappa shape index (κ2) is 25.2. The minimum absolute atomic E-state index is 0.0671. The zero-order valence-corrected chi connectivity index (χ0v) is 43.1. The molecule has 0 bridgehead atoms. The zero-order chi connectivity index (χ0) is 53.6. The fourth-order valence-corrected chi connectivity index (χ4v) is 7.80. The molecule has 4 amide bonds. The summed E-state index contributed by atoms with van der Waals surface area (Å²) < 4.78 is 24.2. The second-order valence-corrected chi connectivity index (χ2v) is 17.3. The van der Waals surface area contributed by atoms with Gasteiger partial charge < -0.3 is 45.0 Å². The van der Waals surface area contributed by atoms with Crippen LogP contribution < -0.4 is 31.6 Å². The number of anilines is 2. The van der Waals surface area contributed by atoms with Gasteiger partial charge in [-0.05, 0) is 98.0 Å². The van der Waals surface area contributed by atoms with E-state index in [4.69, 9.17) is 24.9 Å². The number of methoxy groups -OCH3 is 1. The highest BCUT2D eigenvalue weighted by molar-refractivity contribution is 6.03. The molecule has 7 rings (SSSR count). The third-order valence-electron chi connectivity index (χ3n) is 11.1. The number of carbonyl (C=O) groups is 6. The van der Waals surface area contributed by atoms with Crippen molar-refractivity contribution in [2.24, 2.45) is 11.5 Å². The Bertz CT molecular complexity index is 3010. The van der Waals surface area contributed by atoms with E-state index in [0.717, 1.165) is 18.5 Å². The van der Waals surface area contributed by atoms with Gasteiger partial charge in [0.2, 0.25) is 23.7 Å². The first kappa shape index (κ1) is 55.6. The largest absolute Gasteiger partial charge is 0.494 e. The van der Waals surface area contributed by atoms with E-state index in [1.54, 1.807) is 95.2 Å². The predicted octanol–water partition coefficient (Wildman–Crippen LogP) is 4.99. The number of aryl methyl sites for hydroxylation is 4. The Labute approximate surface area is 423 Å². The summed E-state index contributed by atoms with van der Waals surface area (Å²) >= 11 is 0. The molecule has 0 aliphatic carbocycles. The van der Waals surface area contributed by atoms with Gasteiger partial charge in [-0.2, -0.15) is 10.2 Å². The van der Waals surface area contributed by atoms with Crippen LogP contribution in [0.5, 0.6) is 11.5 Å². The number of carbonyl (C=O) groups excluding carboxylic acids is 6. The van der Waals surface area contributed by atoms with Crippen LogP contribution in [0.2, 0.25) is 0 Å². The van der Waals surface area contributed by atoms with Gasteiger partial charge in [0, 0.05) is 64.0 Å². The number of imidazole rings is 2. The maximum atomic E-state index is 13.5. The van der Waals surface area contributed by atoms with Crippen LogP contribution in [-0.2, 0) is 35.7 Å². The Morgan fingerprint density at radius 3 is 1.99 bits per heavy atom. The van der Waals surface area contributed by atoms with Crippen LogP contribution in [0.3, 0.4) is 0 Å². The minimum atomic E-state index is -0.658. The lowest BCUT2D eigenvalue weighted by molar-refractivity contribution is -0.135. The van der Waals surface area contributed by atoms with Crippen LogP contribution in [0.4, 0.5) is 16.7 Å². The molecule has 0 radical (unpaired) electrons. The molecule has 390 valence electrons. The van der Waals surface area contributed by atoms with E-state index in [9.17, 15) is 28.8 Å². The van der Waals surface area contributed by atoms with Crippen molar-refractivity contribution in [1.82, 2.24) is 48.5 Å². The van der Waals surface area contributed by atoms with Gasteiger partial charge in [0.25, 0.3) is 5.91 Å². The summed E-state index contributed by atoms with van der Waals surface area (Å²) in [5.74, 6) is 0.269. The van der Waals surface area contributed by atoms with E-state index in [0.29, 0.717) is 101 Å². The van der Waals surface area contributed by atoms with Gasteiger partial charge in [-0.1, -0.05) is 18.2 Å². The van der Waals surface area contributed by atoms with Crippen LogP contribution in [0.1, 0.15) is 87.7 Å². The molecule has 1 saturated heterocycles. The summed E-state index contributed by atoms with van der Waals surface area (Å²) in [4.78, 5) is 85.6. The molecule has 2 aromatic carbocycles. The number of fused-ring (bicyclic) bond motifs is 2. The van der Waals surface area contributed by atoms with Crippen molar-refractivity contribution in [3.63, 3.8) is 0 Å². The van der Waals surface area contributed by atoms with Gasteiger partial charge in [0.1, 0.15) is 59.0 Å². The fourth-order valence-electron chi connectivity index (χ4n) is 7.80. The molecule has 6 N–H and O–H groups in total.